The highest BCUT2D eigenvalue weighted by atomic mass is 79.9. The molecule has 0 aliphatic carbocycles. The first-order chi connectivity index (χ1) is 10.4. The lowest BCUT2D eigenvalue weighted by Gasteiger charge is -2.12. The second kappa shape index (κ2) is 7.35. The molecule has 0 saturated heterocycles. The van der Waals surface area contributed by atoms with Gasteiger partial charge in [0.1, 0.15) is 0 Å². The summed E-state index contributed by atoms with van der Waals surface area (Å²) in [7, 11) is 0. The zero-order valence-corrected chi connectivity index (χ0v) is 15.0. The molecule has 0 saturated carbocycles. The number of ether oxygens (including phenoxy) is 1. The summed E-state index contributed by atoms with van der Waals surface area (Å²) in [6.07, 6.45) is -0.138. The second-order valence-corrected chi connectivity index (χ2v) is 7.08. The fraction of sp³-hybridized carbons (Fsp3) is 0.200. The van der Waals surface area contributed by atoms with E-state index in [0.717, 1.165) is 9.37 Å². The number of benzene rings is 2. The Balaban J connectivity index is 2.44. The molecule has 0 spiro atoms. The Morgan fingerprint density at radius 3 is 2.59 bits per heavy atom. The molecule has 22 heavy (non-hydrogen) atoms. The lowest BCUT2D eigenvalue weighted by atomic mass is 10.3. The predicted octanol–water partition coefficient (Wildman–Crippen LogP) is 5.95. The van der Waals surface area contributed by atoms with Gasteiger partial charge < -0.3 is 4.74 Å². The topological polar surface area (TPSA) is 52.4 Å². The molecule has 0 unspecified atom stereocenters. The Labute approximate surface area is 146 Å². The van der Waals surface area contributed by atoms with Gasteiger partial charge in [0.05, 0.1) is 15.9 Å². The van der Waals surface area contributed by atoms with E-state index in [1.165, 1.54) is 11.8 Å². The molecular weight excluding hydrogens is 390 g/mol. The lowest BCUT2D eigenvalue weighted by Crippen LogP contribution is -2.07. The molecule has 0 heterocycles. The maximum absolute atomic E-state index is 11.4. The quantitative estimate of drug-likeness (QED) is 0.458. The van der Waals surface area contributed by atoms with Gasteiger partial charge in [-0.05, 0) is 60.1 Å². The molecule has 0 aliphatic heterocycles. The predicted molar refractivity (Wildman–Crippen MR) is 92.1 cm³/mol. The van der Waals surface area contributed by atoms with E-state index in [-0.39, 0.29) is 17.5 Å². The van der Waals surface area contributed by atoms with Gasteiger partial charge in [-0.15, -0.1) is 0 Å². The molecule has 2 rings (SSSR count). The van der Waals surface area contributed by atoms with Crippen molar-refractivity contribution in [2.45, 2.75) is 29.7 Å². The van der Waals surface area contributed by atoms with E-state index in [4.69, 9.17) is 16.3 Å². The number of nitro groups is 1. The van der Waals surface area contributed by atoms with E-state index < -0.39 is 4.92 Å². The van der Waals surface area contributed by atoms with Crippen molar-refractivity contribution in [1.82, 2.24) is 0 Å². The highest BCUT2D eigenvalue weighted by molar-refractivity contribution is 9.10. The van der Waals surface area contributed by atoms with Crippen molar-refractivity contribution in [3.63, 3.8) is 0 Å². The van der Waals surface area contributed by atoms with Crippen molar-refractivity contribution < 1.29 is 9.66 Å². The average Bonchev–Trinajstić information content (AvgIpc) is 2.41. The molecule has 116 valence electrons. The summed E-state index contributed by atoms with van der Waals surface area (Å²) in [5.74, 6) is 0.273. The molecule has 0 bridgehead atoms. The Bertz CT molecular complexity index is 709. The molecule has 2 aromatic carbocycles. The fourth-order valence-corrected chi connectivity index (χ4v) is 3.66. The van der Waals surface area contributed by atoms with Crippen LogP contribution in [0.3, 0.4) is 0 Å². The molecule has 0 aliphatic rings. The van der Waals surface area contributed by atoms with Crippen LogP contribution in [0.2, 0.25) is 5.02 Å². The van der Waals surface area contributed by atoms with E-state index in [2.05, 4.69) is 15.9 Å². The maximum Gasteiger partial charge on any atom is 0.324 e. The maximum atomic E-state index is 11.4. The Kier molecular flexibility index (Phi) is 5.72. The minimum atomic E-state index is -0.413. The highest BCUT2D eigenvalue weighted by Crippen LogP contribution is 2.43. The van der Waals surface area contributed by atoms with Gasteiger partial charge in [-0.1, -0.05) is 29.4 Å². The van der Waals surface area contributed by atoms with Crippen molar-refractivity contribution in [2.75, 3.05) is 0 Å². The third kappa shape index (κ3) is 4.15. The van der Waals surface area contributed by atoms with Crippen LogP contribution in [0, 0.1) is 10.1 Å². The van der Waals surface area contributed by atoms with Crippen LogP contribution < -0.4 is 4.74 Å². The minimum Gasteiger partial charge on any atom is -0.484 e. The molecule has 0 amide bonds. The first-order valence-electron chi connectivity index (χ1n) is 6.45. The monoisotopic (exact) mass is 401 g/mol. The van der Waals surface area contributed by atoms with Gasteiger partial charge in [-0.25, -0.2) is 0 Å². The lowest BCUT2D eigenvalue weighted by molar-refractivity contribution is -0.388. The summed E-state index contributed by atoms with van der Waals surface area (Å²) in [6, 6.07) is 10.4. The van der Waals surface area contributed by atoms with Gasteiger partial charge in [0.25, 0.3) is 0 Å². The number of para-hydroxylation sites is 1. The molecule has 0 fully saturated rings. The summed E-state index contributed by atoms with van der Waals surface area (Å²) in [5.41, 5.74) is -0.0250. The molecule has 2 aromatic rings. The first kappa shape index (κ1) is 17.1. The fourth-order valence-electron chi connectivity index (χ4n) is 1.79. The molecule has 4 nitrogen and oxygen atoms in total. The van der Waals surface area contributed by atoms with Crippen LogP contribution in [-0.4, -0.2) is 11.0 Å². The molecular formula is C15H13BrClNO3S. The zero-order valence-electron chi connectivity index (χ0n) is 11.9. The second-order valence-electron chi connectivity index (χ2n) is 4.70. The standard InChI is InChI=1S/C15H13BrClNO3S/c1-9(2)21-12-4-3-5-14(15(12)18(19)20)22-13-7-6-10(17)8-11(13)16/h3-9H,1-2H3. The van der Waals surface area contributed by atoms with Crippen LogP contribution in [0.25, 0.3) is 0 Å². The van der Waals surface area contributed by atoms with Crippen LogP contribution in [-0.2, 0) is 0 Å². The average molecular weight is 403 g/mol. The van der Waals surface area contributed by atoms with Gasteiger partial charge in [0.2, 0.25) is 0 Å². The third-order valence-corrected chi connectivity index (χ3v) is 4.90. The van der Waals surface area contributed by atoms with E-state index >= 15 is 0 Å². The SMILES string of the molecule is CC(C)Oc1cccc(Sc2ccc(Cl)cc2Br)c1[N+](=O)[O-]. The van der Waals surface area contributed by atoms with Gasteiger partial charge in [0.15, 0.2) is 5.75 Å². The smallest absolute Gasteiger partial charge is 0.324 e. The highest BCUT2D eigenvalue weighted by Gasteiger charge is 2.23. The zero-order chi connectivity index (χ0) is 16.3. The van der Waals surface area contributed by atoms with Gasteiger partial charge in [-0.2, -0.15) is 0 Å². The molecule has 0 atom stereocenters. The van der Waals surface area contributed by atoms with Crippen LogP contribution >= 0.6 is 39.3 Å². The van der Waals surface area contributed by atoms with E-state index in [1.807, 2.05) is 19.9 Å². The van der Waals surface area contributed by atoms with Crippen LogP contribution in [0.1, 0.15) is 13.8 Å². The number of rotatable bonds is 5. The number of hydrogen-bond donors (Lipinski definition) is 0. The van der Waals surface area contributed by atoms with Gasteiger partial charge >= 0.3 is 5.69 Å². The number of hydrogen-bond acceptors (Lipinski definition) is 4. The van der Waals surface area contributed by atoms with Crippen LogP contribution in [0.15, 0.2) is 50.7 Å². The Morgan fingerprint density at radius 1 is 1.27 bits per heavy atom. The molecule has 7 heteroatoms. The summed E-state index contributed by atoms with van der Waals surface area (Å²) in [6.45, 7) is 3.67. The van der Waals surface area contributed by atoms with E-state index in [0.29, 0.717) is 9.92 Å². The van der Waals surface area contributed by atoms with Gasteiger partial charge in [0, 0.05) is 14.4 Å². The molecule has 0 N–H and O–H groups in total. The van der Waals surface area contributed by atoms with Crippen LogP contribution in [0.5, 0.6) is 5.75 Å². The van der Waals surface area contributed by atoms with Crippen molar-refractivity contribution in [2.24, 2.45) is 0 Å². The largest absolute Gasteiger partial charge is 0.484 e. The van der Waals surface area contributed by atoms with Crippen molar-refractivity contribution in [1.29, 1.82) is 0 Å². The summed E-state index contributed by atoms with van der Waals surface area (Å²) in [5, 5.41) is 12.0. The Hall–Kier alpha value is -1.24. The number of nitro benzene ring substituents is 1. The summed E-state index contributed by atoms with van der Waals surface area (Å²) < 4.78 is 6.33. The van der Waals surface area contributed by atoms with Gasteiger partial charge in [-0.3, -0.25) is 10.1 Å². The van der Waals surface area contributed by atoms with Crippen LogP contribution in [0.4, 0.5) is 5.69 Å². The van der Waals surface area contributed by atoms with Crippen molar-refractivity contribution in [3.05, 3.63) is 56.0 Å². The van der Waals surface area contributed by atoms with Crippen molar-refractivity contribution in [3.8, 4) is 5.75 Å². The number of nitrogens with zero attached hydrogens (tertiary/aromatic N) is 1. The summed E-state index contributed by atoms with van der Waals surface area (Å²) >= 11 is 10.6. The third-order valence-electron chi connectivity index (χ3n) is 2.62. The van der Waals surface area contributed by atoms with E-state index in [9.17, 15) is 10.1 Å². The Morgan fingerprint density at radius 2 is 2.00 bits per heavy atom. The molecule has 0 radical (unpaired) electrons. The first-order valence-corrected chi connectivity index (χ1v) is 8.44. The van der Waals surface area contributed by atoms with E-state index in [1.54, 1.807) is 30.3 Å². The van der Waals surface area contributed by atoms with Crippen molar-refractivity contribution >= 4 is 45.0 Å². The minimum absolute atomic E-state index is 0.0250. The normalized spacial score (nSPS) is 10.8. The summed E-state index contributed by atoms with van der Waals surface area (Å²) in [4.78, 5) is 12.4. The number of halogens is 2. The molecule has 0 aromatic heterocycles.